The molecule has 0 aliphatic heterocycles. The van der Waals surface area contributed by atoms with Crippen LogP contribution in [0.1, 0.15) is 58.8 Å². The average molecular weight is 454 g/mol. The van der Waals surface area contributed by atoms with Crippen molar-refractivity contribution < 1.29 is 9.22 Å². The highest BCUT2D eigenvalue weighted by Gasteiger charge is 2.47. The van der Waals surface area contributed by atoms with E-state index >= 15 is 0 Å². The minimum Gasteiger partial charge on any atom is -0.541 e. The summed E-state index contributed by atoms with van der Waals surface area (Å²) in [5.41, 5.74) is 1.73. The van der Waals surface area contributed by atoms with Crippen LogP contribution in [0.2, 0.25) is 26.7 Å². The van der Waals surface area contributed by atoms with Crippen LogP contribution in [0, 0.1) is 0 Å². The zero-order valence-electron chi connectivity index (χ0n) is 15.4. The van der Waals surface area contributed by atoms with Crippen molar-refractivity contribution in [2.24, 2.45) is 0 Å². The second-order valence-electron chi connectivity index (χ2n) is 7.17. The molecule has 1 aromatic rings. The lowest BCUT2D eigenvalue weighted by molar-refractivity contribution is 0.0996. The molecule has 0 saturated carbocycles. The van der Waals surface area contributed by atoms with Gasteiger partial charge in [-0.2, -0.15) is 0 Å². The van der Waals surface area contributed by atoms with Gasteiger partial charge in [0.15, 0.2) is 5.78 Å². The lowest BCUT2D eigenvalue weighted by Gasteiger charge is -2.42. The van der Waals surface area contributed by atoms with Crippen LogP contribution in [0.25, 0.3) is 0 Å². The van der Waals surface area contributed by atoms with E-state index in [4.69, 9.17) is 27.6 Å². The van der Waals surface area contributed by atoms with E-state index in [0.29, 0.717) is 38.0 Å². The van der Waals surface area contributed by atoms with Crippen molar-refractivity contribution in [3.05, 3.63) is 27.7 Å². The second-order valence-corrected chi connectivity index (χ2v) is 14.7. The number of carbonyl (C=O) groups is 1. The molecule has 0 heterocycles. The summed E-state index contributed by atoms with van der Waals surface area (Å²) in [4.78, 5) is 11.9. The number of Topliss-reactive ketones (excluding diaryl/α,β-unsaturated/α-hetero) is 1. The van der Waals surface area contributed by atoms with E-state index in [1.807, 2.05) is 0 Å². The number of benzene rings is 1. The minimum atomic E-state index is -2.16. The standard InChI is InChI=1S/C18H27BrCl2O2Si/c1-10(2)24(11(3)4,12(5)6)23-18-15(20)8-14(9-16(18)21)17(22)13(7)19/h8-13H,1-7H3. The normalized spacial score (nSPS) is 13.7. The molecule has 1 aromatic carbocycles. The third kappa shape index (κ3) is 4.38. The van der Waals surface area contributed by atoms with Crippen LogP contribution in [0.4, 0.5) is 0 Å². The zero-order chi connectivity index (χ0) is 18.8. The van der Waals surface area contributed by atoms with Crippen LogP contribution < -0.4 is 4.43 Å². The number of halogens is 3. The lowest BCUT2D eigenvalue weighted by Crippen LogP contribution is -2.50. The summed E-state index contributed by atoms with van der Waals surface area (Å²) in [7, 11) is -2.16. The number of alkyl halides is 1. The van der Waals surface area contributed by atoms with E-state index < -0.39 is 8.32 Å². The first-order chi connectivity index (χ1) is 10.9. The van der Waals surface area contributed by atoms with E-state index in [9.17, 15) is 4.79 Å². The summed E-state index contributed by atoms with van der Waals surface area (Å²) >= 11 is 16.2. The predicted octanol–water partition coefficient (Wildman–Crippen LogP) is 7.51. The first kappa shape index (κ1) is 22.0. The van der Waals surface area contributed by atoms with Gasteiger partial charge in [-0.15, -0.1) is 0 Å². The molecular formula is C18H27BrCl2O2Si. The summed E-state index contributed by atoms with van der Waals surface area (Å²) in [5, 5.41) is 0.802. The Morgan fingerprint density at radius 2 is 1.33 bits per heavy atom. The molecular weight excluding hydrogens is 427 g/mol. The molecule has 0 amide bonds. The van der Waals surface area contributed by atoms with Crippen molar-refractivity contribution in [2.45, 2.75) is 69.9 Å². The summed E-state index contributed by atoms with van der Waals surface area (Å²) in [6.07, 6.45) is 0. The van der Waals surface area contributed by atoms with Gasteiger partial charge in [-0.3, -0.25) is 4.79 Å². The number of hydrogen-bond donors (Lipinski definition) is 0. The molecule has 136 valence electrons. The molecule has 0 aliphatic rings. The molecule has 1 rings (SSSR count). The Balaban J connectivity index is 3.39. The molecule has 0 fully saturated rings. The van der Waals surface area contributed by atoms with Crippen molar-refractivity contribution in [3.63, 3.8) is 0 Å². The Bertz CT molecular complexity index is 556. The molecule has 0 saturated heterocycles. The van der Waals surface area contributed by atoms with Gasteiger partial charge in [0.05, 0.1) is 14.9 Å². The van der Waals surface area contributed by atoms with Gasteiger partial charge in [-0.25, -0.2) is 0 Å². The van der Waals surface area contributed by atoms with Gasteiger partial charge in [-0.05, 0) is 35.7 Å². The smallest absolute Gasteiger partial charge is 0.258 e. The highest BCUT2D eigenvalue weighted by molar-refractivity contribution is 9.10. The third-order valence-corrected chi connectivity index (χ3v) is 11.6. The highest BCUT2D eigenvalue weighted by atomic mass is 79.9. The maximum Gasteiger partial charge on any atom is 0.258 e. The maximum absolute atomic E-state index is 12.2. The van der Waals surface area contributed by atoms with Crippen LogP contribution in [0.3, 0.4) is 0 Å². The van der Waals surface area contributed by atoms with E-state index in [0.717, 1.165) is 0 Å². The monoisotopic (exact) mass is 452 g/mol. The molecule has 6 heteroatoms. The lowest BCUT2D eigenvalue weighted by atomic mass is 10.1. The highest BCUT2D eigenvalue weighted by Crippen LogP contribution is 2.46. The van der Waals surface area contributed by atoms with Gasteiger partial charge in [0.1, 0.15) is 5.75 Å². The Kier molecular flexibility index (Phi) is 7.86. The molecule has 0 aliphatic carbocycles. The fraction of sp³-hybridized carbons (Fsp3) is 0.611. The Morgan fingerprint density at radius 3 is 1.62 bits per heavy atom. The van der Waals surface area contributed by atoms with Gasteiger partial charge in [0, 0.05) is 5.56 Å². The fourth-order valence-corrected chi connectivity index (χ4v) is 9.80. The summed E-state index contributed by atoms with van der Waals surface area (Å²) in [5.74, 6) is 0.463. The van der Waals surface area contributed by atoms with Crippen LogP contribution in [-0.2, 0) is 0 Å². The van der Waals surface area contributed by atoms with E-state index in [-0.39, 0.29) is 10.6 Å². The van der Waals surface area contributed by atoms with Crippen LogP contribution >= 0.6 is 39.1 Å². The SMILES string of the molecule is CC(Br)C(=O)c1cc(Cl)c(O[Si](C(C)C)(C(C)C)C(C)C)c(Cl)c1. The number of carbonyl (C=O) groups excluding carboxylic acids is 1. The molecule has 24 heavy (non-hydrogen) atoms. The topological polar surface area (TPSA) is 26.3 Å². The van der Waals surface area contributed by atoms with Gasteiger partial charge in [-0.1, -0.05) is 80.7 Å². The first-order valence-corrected chi connectivity index (χ1v) is 12.1. The second kappa shape index (κ2) is 8.57. The molecule has 0 spiro atoms. The Labute approximate surface area is 165 Å². The number of hydrogen-bond acceptors (Lipinski definition) is 2. The molecule has 0 bridgehead atoms. The quantitative estimate of drug-likeness (QED) is 0.242. The Morgan fingerprint density at radius 1 is 0.958 bits per heavy atom. The largest absolute Gasteiger partial charge is 0.541 e. The van der Waals surface area contributed by atoms with E-state index in [1.54, 1.807) is 19.1 Å². The van der Waals surface area contributed by atoms with Crippen molar-refractivity contribution in [3.8, 4) is 5.75 Å². The van der Waals surface area contributed by atoms with Gasteiger partial charge in [0.2, 0.25) is 0 Å². The molecule has 1 unspecified atom stereocenters. The first-order valence-electron chi connectivity index (χ1n) is 8.31. The minimum absolute atomic E-state index is 0.0505. The van der Waals surface area contributed by atoms with Crippen molar-refractivity contribution in [1.82, 2.24) is 0 Å². The van der Waals surface area contributed by atoms with E-state index in [2.05, 4.69) is 57.5 Å². The van der Waals surface area contributed by atoms with Gasteiger partial charge in [0.25, 0.3) is 8.32 Å². The number of rotatable bonds is 7. The van der Waals surface area contributed by atoms with Crippen LogP contribution in [0.5, 0.6) is 5.75 Å². The summed E-state index contributed by atoms with van der Waals surface area (Å²) < 4.78 is 6.60. The average Bonchev–Trinajstić information content (AvgIpc) is 2.44. The van der Waals surface area contributed by atoms with Crippen LogP contribution in [0.15, 0.2) is 12.1 Å². The third-order valence-electron chi connectivity index (χ3n) is 4.63. The predicted molar refractivity (Wildman–Crippen MR) is 111 cm³/mol. The fourth-order valence-electron chi connectivity index (χ4n) is 3.56. The maximum atomic E-state index is 12.2. The van der Waals surface area contributed by atoms with Crippen LogP contribution in [-0.4, -0.2) is 18.9 Å². The Hall–Kier alpha value is -0.0331. The summed E-state index contributed by atoms with van der Waals surface area (Å²) in [6, 6.07) is 3.31. The zero-order valence-corrected chi connectivity index (χ0v) is 19.5. The van der Waals surface area contributed by atoms with E-state index in [1.165, 1.54) is 0 Å². The molecule has 1 atom stereocenters. The molecule has 2 nitrogen and oxygen atoms in total. The van der Waals surface area contributed by atoms with Crippen molar-refractivity contribution in [1.29, 1.82) is 0 Å². The molecule has 0 radical (unpaired) electrons. The molecule has 0 aromatic heterocycles. The molecule has 0 N–H and O–H groups in total. The van der Waals surface area contributed by atoms with Gasteiger partial charge < -0.3 is 4.43 Å². The van der Waals surface area contributed by atoms with Crippen molar-refractivity contribution >= 4 is 53.2 Å². The van der Waals surface area contributed by atoms with Gasteiger partial charge >= 0.3 is 0 Å². The summed E-state index contributed by atoms with van der Waals surface area (Å²) in [6.45, 7) is 15.0. The van der Waals surface area contributed by atoms with Crippen molar-refractivity contribution in [2.75, 3.05) is 0 Å². The number of ketones is 1.